The fourth-order valence-corrected chi connectivity index (χ4v) is 1.75. The number of hydrogen-bond acceptors (Lipinski definition) is 6. The van der Waals surface area contributed by atoms with Gasteiger partial charge in [-0.15, -0.1) is 0 Å². The lowest BCUT2D eigenvalue weighted by Gasteiger charge is -2.27. The van der Waals surface area contributed by atoms with Gasteiger partial charge in [-0.1, -0.05) is 20.8 Å². The van der Waals surface area contributed by atoms with Gasteiger partial charge in [0.15, 0.2) is 5.92 Å². The fourth-order valence-electron chi connectivity index (χ4n) is 1.75. The Bertz CT molecular complexity index is 405. The number of carbonyl (C=O) groups is 4. The normalized spacial score (nSPS) is 13.5. The topological polar surface area (TPSA) is 125 Å². The van der Waals surface area contributed by atoms with Crippen molar-refractivity contribution in [3.05, 3.63) is 0 Å². The second-order valence-corrected chi connectivity index (χ2v) is 4.93. The molecule has 0 aromatic rings. The van der Waals surface area contributed by atoms with Crippen molar-refractivity contribution in [1.29, 1.82) is 0 Å². The van der Waals surface area contributed by atoms with Crippen LogP contribution >= 0.6 is 0 Å². The Morgan fingerprint density at radius 2 is 1.38 bits per heavy atom. The number of carbonyl (C=O) groups excluding carboxylic acids is 4. The van der Waals surface area contributed by atoms with Gasteiger partial charge >= 0.3 is 11.9 Å². The number of rotatable bonds is 7. The first-order chi connectivity index (χ1) is 9.67. The maximum Gasteiger partial charge on any atom is 0.320 e. The summed E-state index contributed by atoms with van der Waals surface area (Å²) in [5.41, 5.74) is 5.25. The van der Waals surface area contributed by atoms with Crippen molar-refractivity contribution in [2.45, 2.75) is 26.8 Å². The summed E-state index contributed by atoms with van der Waals surface area (Å²) < 4.78 is 9.07. The number of amides is 2. The Labute approximate surface area is 123 Å². The Balaban J connectivity index is 5.36. The molecule has 0 heterocycles. The van der Waals surface area contributed by atoms with Crippen molar-refractivity contribution in [3.63, 3.8) is 0 Å². The van der Waals surface area contributed by atoms with E-state index in [1.54, 1.807) is 13.8 Å². The largest absolute Gasteiger partial charge is 0.468 e. The first kappa shape index (κ1) is 18.9. The fraction of sp³-hybridized carbons (Fsp3) is 0.692. The zero-order valence-corrected chi connectivity index (χ0v) is 12.8. The molecule has 21 heavy (non-hydrogen) atoms. The van der Waals surface area contributed by atoms with E-state index in [2.05, 4.69) is 14.8 Å². The molecular formula is C13H22N2O6. The van der Waals surface area contributed by atoms with Gasteiger partial charge in [-0.25, -0.2) is 0 Å². The zero-order valence-electron chi connectivity index (χ0n) is 12.8. The van der Waals surface area contributed by atoms with Gasteiger partial charge in [0.2, 0.25) is 11.8 Å². The Kier molecular flexibility index (Phi) is 7.40. The molecule has 0 aliphatic heterocycles. The summed E-state index contributed by atoms with van der Waals surface area (Å²) in [6.07, 6.45) is 0. The van der Waals surface area contributed by atoms with Gasteiger partial charge in [-0.3, -0.25) is 19.2 Å². The van der Waals surface area contributed by atoms with Gasteiger partial charge in [0.1, 0.15) is 6.04 Å². The average molecular weight is 302 g/mol. The lowest BCUT2D eigenvalue weighted by atomic mass is 9.86. The van der Waals surface area contributed by atoms with Gasteiger partial charge in [0.05, 0.1) is 14.2 Å². The van der Waals surface area contributed by atoms with E-state index >= 15 is 0 Å². The molecule has 0 saturated carbocycles. The predicted molar refractivity (Wildman–Crippen MR) is 72.6 cm³/mol. The summed E-state index contributed by atoms with van der Waals surface area (Å²) >= 11 is 0. The Morgan fingerprint density at radius 1 is 0.952 bits per heavy atom. The summed E-state index contributed by atoms with van der Waals surface area (Å²) in [7, 11) is 2.22. The molecule has 120 valence electrons. The molecule has 0 spiro atoms. The van der Waals surface area contributed by atoms with Crippen LogP contribution in [0, 0.1) is 17.8 Å². The highest BCUT2D eigenvalue weighted by atomic mass is 16.5. The molecule has 8 nitrogen and oxygen atoms in total. The van der Waals surface area contributed by atoms with Gasteiger partial charge in [-0.2, -0.15) is 0 Å². The summed E-state index contributed by atoms with van der Waals surface area (Å²) in [6, 6.07) is -1.19. The molecule has 0 aliphatic rings. The van der Waals surface area contributed by atoms with Gasteiger partial charge in [0, 0.05) is 11.8 Å². The quantitative estimate of drug-likeness (QED) is 0.469. The third kappa shape index (κ3) is 5.05. The van der Waals surface area contributed by atoms with E-state index in [4.69, 9.17) is 5.73 Å². The minimum Gasteiger partial charge on any atom is -0.468 e. The summed E-state index contributed by atoms with van der Waals surface area (Å²) in [6.45, 7) is 4.71. The van der Waals surface area contributed by atoms with Crippen molar-refractivity contribution in [3.8, 4) is 0 Å². The molecule has 0 aromatic heterocycles. The molecule has 0 fully saturated rings. The molecule has 0 unspecified atom stereocenters. The lowest BCUT2D eigenvalue weighted by molar-refractivity contribution is -0.162. The molecule has 0 aliphatic carbocycles. The smallest absolute Gasteiger partial charge is 0.320 e. The monoisotopic (exact) mass is 302 g/mol. The van der Waals surface area contributed by atoms with Gasteiger partial charge in [0.25, 0.3) is 0 Å². The van der Waals surface area contributed by atoms with E-state index in [0.717, 1.165) is 14.2 Å². The predicted octanol–water partition coefficient (Wildman–Crippen LogP) is -0.789. The maximum atomic E-state index is 11.7. The number of nitrogens with two attached hydrogens (primary N) is 1. The van der Waals surface area contributed by atoms with E-state index in [1.807, 2.05) is 0 Å². The number of nitrogens with one attached hydrogen (secondary N) is 1. The molecule has 3 N–H and O–H groups in total. The van der Waals surface area contributed by atoms with Crippen LogP contribution in [0.3, 0.4) is 0 Å². The maximum absolute atomic E-state index is 11.7. The third-order valence-electron chi connectivity index (χ3n) is 3.09. The van der Waals surface area contributed by atoms with Crippen LogP contribution in [0.25, 0.3) is 0 Å². The SMILES string of the molecule is COC(=O)C(C(=O)OC)[C@H](C)[C@H](NC(=O)C(C)C)C(N)=O. The number of methoxy groups -OCH3 is 2. The van der Waals surface area contributed by atoms with Crippen LogP contribution in [-0.2, 0) is 28.7 Å². The van der Waals surface area contributed by atoms with E-state index in [1.165, 1.54) is 6.92 Å². The van der Waals surface area contributed by atoms with E-state index in [0.29, 0.717) is 0 Å². The first-order valence-corrected chi connectivity index (χ1v) is 6.42. The Morgan fingerprint density at radius 3 is 1.67 bits per heavy atom. The van der Waals surface area contributed by atoms with Crippen LogP contribution in [0.2, 0.25) is 0 Å². The van der Waals surface area contributed by atoms with Gasteiger partial charge < -0.3 is 20.5 Å². The molecule has 8 heteroatoms. The van der Waals surface area contributed by atoms with Crippen LogP contribution in [0.1, 0.15) is 20.8 Å². The lowest BCUT2D eigenvalue weighted by Crippen LogP contribution is -2.53. The Hall–Kier alpha value is -2.12. The third-order valence-corrected chi connectivity index (χ3v) is 3.09. The highest BCUT2D eigenvalue weighted by molar-refractivity contribution is 5.97. The number of esters is 2. The molecule has 0 radical (unpaired) electrons. The van der Waals surface area contributed by atoms with Crippen molar-refractivity contribution in [2.24, 2.45) is 23.5 Å². The summed E-state index contributed by atoms with van der Waals surface area (Å²) in [4.78, 5) is 46.7. The van der Waals surface area contributed by atoms with Crippen molar-refractivity contribution in [2.75, 3.05) is 14.2 Å². The second kappa shape index (κ2) is 8.23. The zero-order chi connectivity index (χ0) is 16.7. The van der Waals surface area contributed by atoms with E-state index in [9.17, 15) is 19.2 Å². The minimum atomic E-state index is -1.36. The van der Waals surface area contributed by atoms with Crippen LogP contribution in [0.5, 0.6) is 0 Å². The van der Waals surface area contributed by atoms with Crippen LogP contribution < -0.4 is 11.1 Å². The molecule has 0 rings (SSSR count). The number of primary amides is 1. The number of ether oxygens (including phenoxy) is 2. The van der Waals surface area contributed by atoms with E-state index in [-0.39, 0.29) is 5.92 Å². The second-order valence-electron chi connectivity index (χ2n) is 4.93. The molecule has 0 saturated heterocycles. The summed E-state index contributed by atoms with van der Waals surface area (Å²) in [5.74, 6) is -5.64. The highest BCUT2D eigenvalue weighted by Crippen LogP contribution is 2.19. The number of hydrogen-bond donors (Lipinski definition) is 2. The summed E-state index contributed by atoms with van der Waals surface area (Å²) in [5, 5.41) is 2.43. The van der Waals surface area contributed by atoms with Crippen LogP contribution in [0.15, 0.2) is 0 Å². The molecule has 0 aromatic carbocycles. The minimum absolute atomic E-state index is 0.381. The molecule has 2 amide bonds. The first-order valence-electron chi connectivity index (χ1n) is 6.42. The van der Waals surface area contributed by atoms with Crippen molar-refractivity contribution < 1.29 is 28.7 Å². The van der Waals surface area contributed by atoms with Crippen molar-refractivity contribution >= 4 is 23.8 Å². The molecule has 2 atom stereocenters. The molecular weight excluding hydrogens is 280 g/mol. The van der Waals surface area contributed by atoms with Gasteiger partial charge in [-0.05, 0) is 0 Å². The molecule has 0 bridgehead atoms. The van der Waals surface area contributed by atoms with Crippen molar-refractivity contribution in [1.82, 2.24) is 5.32 Å². The highest BCUT2D eigenvalue weighted by Gasteiger charge is 2.41. The van der Waals surface area contributed by atoms with Crippen LogP contribution in [0.4, 0.5) is 0 Å². The average Bonchev–Trinajstić information content (AvgIpc) is 2.43. The van der Waals surface area contributed by atoms with Crippen LogP contribution in [-0.4, -0.2) is 44.0 Å². The standard InChI is InChI=1S/C13H22N2O6/c1-6(2)11(17)15-9(10(14)16)7(3)8(12(18)20-4)13(19)21-5/h6-9H,1-5H3,(H2,14,16)(H,15,17)/t7-,9-/m0/s1. The van der Waals surface area contributed by atoms with E-state index < -0.39 is 41.6 Å².